The minimum absolute atomic E-state index is 0.0652. The van der Waals surface area contributed by atoms with E-state index in [2.05, 4.69) is 10.3 Å². The van der Waals surface area contributed by atoms with Gasteiger partial charge in [0, 0.05) is 12.1 Å². The van der Waals surface area contributed by atoms with Crippen molar-refractivity contribution in [1.82, 2.24) is 15.0 Å². The van der Waals surface area contributed by atoms with Gasteiger partial charge in [0.05, 0.1) is 11.3 Å². The molecule has 1 N–H and O–H groups in total. The third-order valence-electron chi connectivity index (χ3n) is 2.91. The van der Waals surface area contributed by atoms with Gasteiger partial charge in [0.15, 0.2) is 17.5 Å². The number of para-hydroxylation sites is 1. The average Bonchev–Trinajstić information content (AvgIpc) is 2.87. The zero-order valence-electron chi connectivity index (χ0n) is 10.2. The first-order valence-corrected chi connectivity index (χ1v) is 5.71. The van der Waals surface area contributed by atoms with Crippen LogP contribution in [0.15, 0.2) is 30.3 Å². The van der Waals surface area contributed by atoms with E-state index < -0.39 is 23.4 Å². The molecule has 0 bridgehead atoms. The second-order valence-electron chi connectivity index (χ2n) is 4.20. The molecular weight excluding hydrogens is 287 g/mol. The Kier molecular flexibility index (Phi) is 2.86. The number of hydrogen-bond acceptors (Lipinski definition) is 3. The molecule has 5 nitrogen and oxygen atoms in total. The Balaban J connectivity index is 2.33. The maximum Gasteiger partial charge on any atom is 0.337 e. The van der Waals surface area contributed by atoms with E-state index in [4.69, 9.17) is 5.11 Å². The van der Waals surface area contributed by atoms with E-state index in [0.717, 1.165) is 4.68 Å². The van der Waals surface area contributed by atoms with E-state index in [0.29, 0.717) is 12.1 Å². The minimum Gasteiger partial charge on any atom is -0.478 e. The predicted molar refractivity (Wildman–Crippen MR) is 65.7 cm³/mol. The van der Waals surface area contributed by atoms with E-state index in [1.54, 1.807) is 0 Å². The van der Waals surface area contributed by atoms with Gasteiger partial charge in [0.1, 0.15) is 11.0 Å². The number of rotatable bonds is 2. The van der Waals surface area contributed by atoms with Crippen molar-refractivity contribution < 1.29 is 23.1 Å². The summed E-state index contributed by atoms with van der Waals surface area (Å²) in [5, 5.41) is 16.5. The van der Waals surface area contributed by atoms with Crippen LogP contribution in [0.4, 0.5) is 13.2 Å². The lowest BCUT2D eigenvalue weighted by Crippen LogP contribution is -2.05. The molecule has 1 aromatic heterocycles. The molecule has 0 atom stereocenters. The normalized spacial score (nSPS) is 11.0. The standard InChI is InChI=1S/C13H6F3N3O2/c14-8-4-6(5-9(15)11(8)16)19-12-7(13(20)21)2-1-3-10(12)17-18-19/h1-5H,(H,20,21). The number of benzene rings is 2. The molecule has 8 heteroatoms. The van der Waals surface area contributed by atoms with Crippen LogP contribution in [-0.4, -0.2) is 26.1 Å². The second kappa shape index (κ2) is 4.58. The molecule has 0 spiro atoms. The van der Waals surface area contributed by atoms with E-state index in [1.807, 2.05) is 0 Å². The molecule has 0 saturated heterocycles. The number of hydrogen-bond donors (Lipinski definition) is 1. The van der Waals surface area contributed by atoms with Crippen LogP contribution in [-0.2, 0) is 0 Å². The Morgan fingerprint density at radius 1 is 1.14 bits per heavy atom. The molecule has 0 unspecified atom stereocenters. The maximum absolute atomic E-state index is 13.3. The number of nitrogens with zero attached hydrogens (tertiary/aromatic N) is 3. The molecule has 0 saturated carbocycles. The van der Waals surface area contributed by atoms with E-state index >= 15 is 0 Å². The highest BCUT2D eigenvalue weighted by atomic mass is 19.2. The molecule has 0 fully saturated rings. The summed E-state index contributed by atoms with van der Waals surface area (Å²) in [6, 6.07) is 5.70. The van der Waals surface area contributed by atoms with Crippen molar-refractivity contribution in [2.75, 3.05) is 0 Å². The van der Waals surface area contributed by atoms with Crippen molar-refractivity contribution >= 4 is 17.0 Å². The van der Waals surface area contributed by atoms with Gasteiger partial charge in [0.25, 0.3) is 0 Å². The van der Waals surface area contributed by atoms with Crippen molar-refractivity contribution in [2.45, 2.75) is 0 Å². The van der Waals surface area contributed by atoms with Gasteiger partial charge in [-0.3, -0.25) is 0 Å². The fraction of sp³-hybridized carbons (Fsp3) is 0. The van der Waals surface area contributed by atoms with Crippen LogP contribution < -0.4 is 0 Å². The molecule has 0 amide bonds. The van der Waals surface area contributed by atoms with Gasteiger partial charge in [-0.15, -0.1) is 5.10 Å². The van der Waals surface area contributed by atoms with E-state index in [9.17, 15) is 18.0 Å². The Morgan fingerprint density at radius 2 is 1.81 bits per heavy atom. The van der Waals surface area contributed by atoms with E-state index in [1.165, 1.54) is 18.2 Å². The second-order valence-corrected chi connectivity index (χ2v) is 4.20. The van der Waals surface area contributed by atoms with Crippen molar-refractivity contribution in [3.05, 3.63) is 53.3 Å². The fourth-order valence-electron chi connectivity index (χ4n) is 1.99. The molecule has 21 heavy (non-hydrogen) atoms. The van der Waals surface area contributed by atoms with Crippen molar-refractivity contribution in [1.29, 1.82) is 0 Å². The lowest BCUT2D eigenvalue weighted by molar-refractivity contribution is 0.0698. The first kappa shape index (κ1) is 13.1. The predicted octanol–water partition coefficient (Wildman–Crippen LogP) is 2.54. The van der Waals surface area contributed by atoms with E-state index in [-0.39, 0.29) is 22.3 Å². The molecule has 2 aromatic carbocycles. The van der Waals surface area contributed by atoms with Crippen LogP contribution in [0, 0.1) is 17.5 Å². The molecule has 3 aromatic rings. The monoisotopic (exact) mass is 293 g/mol. The van der Waals surface area contributed by atoms with Crippen molar-refractivity contribution in [3.8, 4) is 5.69 Å². The highest BCUT2D eigenvalue weighted by Gasteiger charge is 2.18. The van der Waals surface area contributed by atoms with Gasteiger partial charge in [-0.1, -0.05) is 11.3 Å². The molecule has 0 aliphatic carbocycles. The highest BCUT2D eigenvalue weighted by Crippen LogP contribution is 2.23. The first-order valence-electron chi connectivity index (χ1n) is 5.71. The fourth-order valence-corrected chi connectivity index (χ4v) is 1.99. The third-order valence-corrected chi connectivity index (χ3v) is 2.91. The van der Waals surface area contributed by atoms with Crippen molar-refractivity contribution in [3.63, 3.8) is 0 Å². The van der Waals surface area contributed by atoms with Gasteiger partial charge in [-0.2, -0.15) is 0 Å². The molecule has 3 rings (SSSR count). The number of carboxylic acid groups (broad SMARTS) is 1. The molecular formula is C13H6F3N3O2. The zero-order valence-corrected chi connectivity index (χ0v) is 10.2. The summed E-state index contributed by atoms with van der Waals surface area (Å²) in [4.78, 5) is 11.2. The summed E-state index contributed by atoms with van der Waals surface area (Å²) in [7, 11) is 0. The number of fused-ring (bicyclic) bond motifs is 1. The summed E-state index contributed by atoms with van der Waals surface area (Å²) in [6.07, 6.45) is 0. The topological polar surface area (TPSA) is 68.0 Å². The number of halogens is 3. The van der Waals surface area contributed by atoms with Crippen LogP contribution in [0.1, 0.15) is 10.4 Å². The van der Waals surface area contributed by atoms with Crippen LogP contribution in [0.3, 0.4) is 0 Å². The molecule has 0 aliphatic heterocycles. The largest absolute Gasteiger partial charge is 0.478 e. The first-order chi connectivity index (χ1) is 9.99. The van der Waals surface area contributed by atoms with Gasteiger partial charge >= 0.3 is 5.97 Å². The Labute approximate surface area is 115 Å². The van der Waals surface area contributed by atoms with Gasteiger partial charge in [0.2, 0.25) is 0 Å². The Morgan fingerprint density at radius 3 is 2.43 bits per heavy atom. The summed E-state index contributed by atoms with van der Waals surface area (Å²) >= 11 is 0. The smallest absolute Gasteiger partial charge is 0.337 e. The maximum atomic E-state index is 13.3. The van der Waals surface area contributed by atoms with Gasteiger partial charge in [-0.25, -0.2) is 22.6 Å². The number of carboxylic acids is 1. The Bertz CT molecular complexity index is 853. The number of carbonyl (C=O) groups is 1. The van der Waals surface area contributed by atoms with Crippen LogP contribution in [0.25, 0.3) is 16.7 Å². The Hall–Kier alpha value is -2.90. The van der Waals surface area contributed by atoms with Crippen molar-refractivity contribution in [2.24, 2.45) is 0 Å². The molecule has 1 heterocycles. The summed E-state index contributed by atoms with van der Waals surface area (Å²) < 4.78 is 40.5. The average molecular weight is 293 g/mol. The summed E-state index contributed by atoms with van der Waals surface area (Å²) in [6.45, 7) is 0. The molecule has 0 radical (unpaired) electrons. The summed E-state index contributed by atoms with van der Waals surface area (Å²) in [5.74, 6) is -5.66. The lowest BCUT2D eigenvalue weighted by Gasteiger charge is -2.05. The van der Waals surface area contributed by atoms with Crippen LogP contribution in [0.2, 0.25) is 0 Å². The number of aromatic nitrogens is 3. The SMILES string of the molecule is O=C(O)c1cccc2nnn(-c3cc(F)c(F)c(F)c3)c12. The summed E-state index contributed by atoms with van der Waals surface area (Å²) in [5.41, 5.74) is 0.000640. The third kappa shape index (κ3) is 2.00. The van der Waals surface area contributed by atoms with Gasteiger partial charge in [-0.05, 0) is 12.1 Å². The minimum atomic E-state index is -1.61. The zero-order chi connectivity index (χ0) is 15.1. The lowest BCUT2D eigenvalue weighted by atomic mass is 10.1. The number of aromatic carboxylic acids is 1. The highest BCUT2D eigenvalue weighted by molar-refractivity contribution is 6.01. The quantitative estimate of drug-likeness (QED) is 0.737. The van der Waals surface area contributed by atoms with Gasteiger partial charge < -0.3 is 5.11 Å². The van der Waals surface area contributed by atoms with Crippen LogP contribution >= 0.6 is 0 Å². The molecule has 0 aliphatic rings. The molecule has 106 valence electrons. The van der Waals surface area contributed by atoms with Crippen LogP contribution in [0.5, 0.6) is 0 Å².